The second kappa shape index (κ2) is 6.06. The van der Waals surface area contributed by atoms with E-state index in [1.807, 2.05) is 30.3 Å². The lowest BCUT2D eigenvalue weighted by Crippen LogP contribution is -2.00. The maximum absolute atomic E-state index is 13.1. The highest BCUT2D eigenvalue weighted by Gasteiger charge is 2.31. The van der Waals surface area contributed by atoms with Crippen LogP contribution in [0.3, 0.4) is 0 Å². The van der Waals surface area contributed by atoms with Crippen molar-refractivity contribution in [3.05, 3.63) is 90.0 Å². The van der Waals surface area contributed by atoms with Gasteiger partial charge < -0.3 is 10.2 Å². The number of carbonyl (C=O) groups excluding carboxylic acids is 1. The summed E-state index contributed by atoms with van der Waals surface area (Å²) in [6.45, 7) is 0. The number of ketones is 1. The summed E-state index contributed by atoms with van der Waals surface area (Å²) in [4.78, 5) is 17.9. The van der Waals surface area contributed by atoms with Crippen molar-refractivity contribution >= 4 is 5.78 Å². The van der Waals surface area contributed by atoms with Crippen molar-refractivity contribution in [3.8, 4) is 45.1 Å². The fourth-order valence-corrected chi connectivity index (χ4v) is 3.69. The SMILES string of the molecule is O=C1c2ccccc2-c2nc(-c3ccccc3O)cc(-c3ccc(O)cc3)c21. The van der Waals surface area contributed by atoms with Crippen LogP contribution < -0.4 is 0 Å². The molecule has 4 aromatic rings. The van der Waals surface area contributed by atoms with E-state index >= 15 is 0 Å². The molecule has 0 radical (unpaired) electrons. The lowest BCUT2D eigenvalue weighted by molar-refractivity contribution is 0.104. The molecular formula is C24H15NO3. The molecule has 1 aliphatic carbocycles. The highest BCUT2D eigenvalue weighted by molar-refractivity contribution is 6.24. The molecule has 2 N–H and O–H groups in total. The molecule has 0 spiro atoms. The average molecular weight is 365 g/mol. The van der Waals surface area contributed by atoms with Gasteiger partial charge in [-0.1, -0.05) is 48.5 Å². The van der Waals surface area contributed by atoms with Crippen molar-refractivity contribution in [2.45, 2.75) is 0 Å². The van der Waals surface area contributed by atoms with E-state index < -0.39 is 0 Å². The summed E-state index contributed by atoms with van der Waals surface area (Å²) < 4.78 is 0. The first-order valence-electron chi connectivity index (χ1n) is 8.90. The number of hydrogen-bond acceptors (Lipinski definition) is 4. The van der Waals surface area contributed by atoms with Crippen LogP contribution in [0.5, 0.6) is 11.5 Å². The molecule has 0 unspecified atom stereocenters. The number of nitrogens with zero attached hydrogens (tertiary/aromatic N) is 1. The largest absolute Gasteiger partial charge is 0.508 e. The zero-order valence-corrected chi connectivity index (χ0v) is 14.8. The lowest BCUT2D eigenvalue weighted by Gasteiger charge is -2.12. The van der Waals surface area contributed by atoms with Crippen LogP contribution in [0.2, 0.25) is 0 Å². The Morgan fingerprint density at radius 3 is 2.04 bits per heavy atom. The molecule has 1 aliphatic rings. The van der Waals surface area contributed by atoms with Gasteiger partial charge in [0.05, 0.1) is 17.0 Å². The number of rotatable bonds is 2. The zero-order valence-electron chi connectivity index (χ0n) is 14.8. The van der Waals surface area contributed by atoms with E-state index in [9.17, 15) is 15.0 Å². The summed E-state index contributed by atoms with van der Waals surface area (Å²) >= 11 is 0. The van der Waals surface area contributed by atoms with Crippen molar-refractivity contribution in [1.29, 1.82) is 0 Å². The quantitative estimate of drug-likeness (QED) is 0.460. The third-order valence-electron chi connectivity index (χ3n) is 5.03. The molecule has 1 heterocycles. The van der Waals surface area contributed by atoms with Crippen LogP contribution in [-0.2, 0) is 0 Å². The van der Waals surface area contributed by atoms with E-state index in [1.165, 1.54) is 0 Å². The fourth-order valence-electron chi connectivity index (χ4n) is 3.69. The molecule has 0 aliphatic heterocycles. The van der Waals surface area contributed by atoms with Gasteiger partial charge in [0.1, 0.15) is 11.5 Å². The molecule has 0 bridgehead atoms. The number of benzene rings is 3. The van der Waals surface area contributed by atoms with Crippen LogP contribution in [0.15, 0.2) is 78.9 Å². The maximum Gasteiger partial charge on any atom is 0.196 e. The van der Waals surface area contributed by atoms with Gasteiger partial charge in [-0.2, -0.15) is 0 Å². The second-order valence-corrected chi connectivity index (χ2v) is 6.72. The second-order valence-electron chi connectivity index (χ2n) is 6.72. The van der Waals surface area contributed by atoms with Crippen LogP contribution in [0, 0.1) is 0 Å². The maximum atomic E-state index is 13.1. The van der Waals surface area contributed by atoms with Crippen LogP contribution in [0.4, 0.5) is 0 Å². The van der Waals surface area contributed by atoms with Crippen molar-refractivity contribution in [2.75, 3.05) is 0 Å². The van der Waals surface area contributed by atoms with E-state index in [0.29, 0.717) is 28.1 Å². The Hall–Kier alpha value is -3.92. The molecule has 3 aromatic carbocycles. The van der Waals surface area contributed by atoms with Gasteiger partial charge in [-0.3, -0.25) is 4.79 Å². The highest BCUT2D eigenvalue weighted by atomic mass is 16.3. The van der Waals surface area contributed by atoms with Crippen LogP contribution in [0.1, 0.15) is 15.9 Å². The minimum atomic E-state index is -0.0648. The third kappa shape index (κ3) is 2.39. The molecule has 0 saturated carbocycles. The molecule has 5 rings (SSSR count). The van der Waals surface area contributed by atoms with Crippen molar-refractivity contribution in [3.63, 3.8) is 0 Å². The summed E-state index contributed by atoms with van der Waals surface area (Å²) in [5.74, 6) is 0.221. The first kappa shape index (κ1) is 16.3. The fraction of sp³-hybridized carbons (Fsp3) is 0. The molecule has 4 nitrogen and oxygen atoms in total. The number of aromatic hydroxyl groups is 2. The normalized spacial score (nSPS) is 11.9. The Balaban J connectivity index is 1.84. The molecule has 134 valence electrons. The monoisotopic (exact) mass is 365 g/mol. The average Bonchev–Trinajstić information content (AvgIpc) is 3.01. The van der Waals surface area contributed by atoms with E-state index in [2.05, 4.69) is 0 Å². The molecule has 0 saturated heterocycles. The zero-order chi connectivity index (χ0) is 19.3. The third-order valence-corrected chi connectivity index (χ3v) is 5.03. The van der Waals surface area contributed by atoms with Gasteiger partial charge in [0.15, 0.2) is 5.78 Å². The molecule has 28 heavy (non-hydrogen) atoms. The van der Waals surface area contributed by atoms with Gasteiger partial charge >= 0.3 is 0 Å². The van der Waals surface area contributed by atoms with Gasteiger partial charge in [-0.25, -0.2) is 4.98 Å². The molecule has 1 aromatic heterocycles. The van der Waals surface area contributed by atoms with Gasteiger partial charge in [-0.05, 0) is 41.5 Å². The summed E-state index contributed by atoms with van der Waals surface area (Å²) in [6, 6.07) is 23.0. The van der Waals surface area contributed by atoms with Gasteiger partial charge in [-0.15, -0.1) is 0 Å². The van der Waals surface area contributed by atoms with E-state index in [4.69, 9.17) is 4.98 Å². The summed E-state index contributed by atoms with van der Waals surface area (Å²) in [7, 11) is 0. The topological polar surface area (TPSA) is 70.4 Å². The molecule has 0 amide bonds. The number of hydrogen-bond donors (Lipinski definition) is 2. The predicted octanol–water partition coefficient (Wildman–Crippen LogP) is 5.04. The number of pyridine rings is 1. The minimum Gasteiger partial charge on any atom is -0.508 e. The molecule has 0 atom stereocenters. The van der Waals surface area contributed by atoms with Gasteiger partial charge in [0, 0.05) is 16.7 Å². The van der Waals surface area contributed by atoms with E-state index in [0.717, 1.165) is 16.7 Å². The first-order valence-corrected chi connectivity index (χ1v) is 8.90. The summed E-state index contributed by atoms with van der Waals surface area (Å²) in [6.07, 6.45) is 0. The molecule has 4 heteroatoms. The van der Waals surface area contributed by atoms with E-state index in [-0.39, 0.29) is 17.3 Å². The Kier molecular flexibility index (Phi) is 3.52. The van der Waals surface area contributed by atoms with Gasteiger partial charge in [0.25, 0.3) is 0 Å². The predicted molar refractivity (Wildman–Crippen MR) is 107 cm³/mol. The number of phenols is 2. The van der Waals surface area contributed by atoms with Crippen LogP contribution in [-0.4, -0.2) is 21.0 Å². The van der Waals surface area contributed by atoms with Crippen LogP contribution in [0.25, 0.3) is 33.6 Å². The number of para-hydroxylation sites is 1. The minimum absolute atomic E-state index is 0.0648. The van der Waals surface area contributed by atoms with Gasteiger partial charge in [0.2, 0.25) is 0 Å². The van der Waals surface area contributed by atoms with Crippen molar-refractivity contribution < 1.29 is 15.0 Å². The van der Waals surface area contributed by atoms with Crippen LogP contribution >= 0.6 is 0 Å². The standard InChI is InChI=1S/C24H15NO3/c26-15-11-9-14(10-12-15)19-13-20(18-7-3-4-8-21(18)27)25-23-16-5-1-2-6-17(16)24(28)22(19)23/h1-13,26-27H. The van der Waals surface area contributed by atoms with Crippen molar-refractivity contribution in [2.24, 2.45) is 0 Å². The smallest absolute Gasteiger partial charge is 0.196 e. The number of phenolic OH excluding ortho intramolecular Hbond substituents is 2. The number of carbonyl (C=O) groups is 1. The summed E-state index contributed by atoms with van der Waals surface area (Å²) in [5.41, 5.74) is 5.29. The molecule has 0 fully saturated rings. The van der Waals surface area contributed by atoms with Crippen molar-refractivity contribution in [1.82, 2.24) is 4.98 Å². The Morgan fingerprint density at radius 1 is 0.679 bits per heavy atom. The van der Waals surface area contributed by atoms with E-state index in [1.54, 1.807) is 48.5 Å². The Morgan fingerprint density at radius 2 is 1.32 bits per heavy atom. The lowest BCUT2D eigenvalue weighted by atomic mass is 9.95. The highest BCUT2D eigenvalue weighted by Crippen LogP contribution is 2.43. The molecular weight excluding hydrogens is 350 g/mol. The summed E-state index contributed by atoms with van der Waals surface area (Å²) in [5, 5.41) is 20.0. The number of aromatic nitrogens is 1. The first-order chi connectivity index (χ1) is 13.6. The Bertz CT molecular complexity index is 1240. The number of fused-ring (bicyclic) bond motifs is 3. The Labute approximate surface area is 161 Å².